The summed E-state index contributed by atoms with van der Waals surface area (Å²) in [4.78, 5) is 13.9. The van der Waals surface area contributed by atoms with Crippen LogP contribution in [0, 0.1) is 0 Å². The summed E-state index contributed by atoms with van der Waals surface area (Å²) in [7, 11) is 2.15. The topological polar surface area (TPSA) is 81.8 Å². The van der Waals surface area contributed by atoms with Crippen molar-refractivity contribution in [1.29, 1.82) is 0 Å². The lowest BCUT2D eigenvalue weighted by Crippen LogP contribution is -2.44. The first-order chi connectivity index (χ1) is 15.1. The molecule has 0 spiro atoms. The molecule has 1 aromatic heterocycles. The third-order valence-corrected chi connectivity index (χ3v) is 6.44. The van der Waals surface area contributed by atoms with Gasteiger partial charge in [0.1, 0.15) is 5.82 Å². The van der Waals surface area contributed by atoms with Crippen molar-refractivity contribution >= 4 is 29.1 Å². The number of likely N-dealkylation sites (N-methyl/N-ethyl adjacent to an activating group) is 1. The van der Waals surface area contributed by atoms with Gasteiger partial charge in [-0.2, -0.15) is 0 Å². The zero-order valence-electron chi connectivity index (χ0n) is 19.2. The van der Waals surface area contributed by atoms with Gasteiger partial charge >= 0.3 is 0 Å². The van der Waals surface area contributed by atoms with E-state index in [2.05, 4.69) is 76.4 Å². The molecule has 8 heteroatoms. The summed E-state index contributed by atoms with van der Waals surface area (Å²) in [6, 6.07) is 12.2. The highest BCUT2D eigenvalue weighted by Gasteiger charge is 2.34. The number of halogens is 1. The van der Waals surface area contributed by atoms with Gasteiger partial charge in [0.25, 0.3) is 0 Å². The molecule has 1 unspecified atom stereocenters. The molecule has 1 atom stereocenters. The quantitative estimate of drug-likeness (QED) is 0.660. The van der Waals surface area contributed by atoms with Gasteiger partial charge in [0.2, 0.25) is 5.96 Å². The van der Waals surface area contributed by atoms with Crippen molar-refractivity contribution in [2.45, 2.75) is 31.8 Å². The lowest BCUT2D eigenvalue weighted by molar-refractivity contribution is 0.313. The summed E-state index contributed by atoms with van der Waals surface area (Å²) < 4.78 is 0. The van der Waals surface area contributed by atoms with Crippen LogP contribution in [0.3, 0.4) is 0 Å². The summed E-state index contributed by atoms with van der Waals surface area (Å²) >= 11 is 6.49. The molecule has 1 saturated heterocycles. The maximum absolute atomic E-state index is 6.66. The van der Waals surface area contributed by atoms with Gasteiger partial charge in [0.05, 0.1) is 16.9 Å². The summed E-state index contributed by atoms with van der Waals surface area (Å²) in [5, 5.41) is 6.71. The monoisotopic (exact) mass is 453 g/mol. The number of rotatable bonds is 3. The van der Waals surface area contributed by atoms with Crippen molar-refractivity contribution in [2.75, 3.05) is 43.4 Å². The van der Waals surface area contributed by atoms with E-state index in [4.69, 9.17) is 17.3 Å². The van der Waals surface area contributed by atoms with Gasteiger partial charge < -0.3 is 20.4 Å². The number of nitrogens with two attached hydrogens (primary N) is 1. The molecule has 2 aliphatic rings. The van der Waals surface area contributed by atoms with E-state index in [-0.39, 0.29) is 5.41 Å². The molecule has 0 radical (unpaired) electrons. The lowest BCUT2D eigenvalue weighted by Gasteiger charge is -2.33. The Morgan fingerprint density at radius 1 is 1.06 bits per heavy atom. The van der Waals surface area contributed by atoms with Crippen molar-refractivity contribution in [1.82, 2.24) is 15.2 Å². The van der Waals surface area contributed by atoms with E-state index < -0.39 is 5.66 Å². The lowest BCUT2D eigenvalue weighted by atomic mass is 9.85. The average molecular weight is 454 g/mol. The zero-order chi connectivity index (χ0) is 22.9. The Labute approximate surface area is 195 Å². The van der Waals surface area contributed by atoms with Crippen LogP contribution >= 0.6 is 11.6 Å². The summed E-state index contributed by atoms with van der Waals surface area (Å²) in [6.45, 7) is 10.7. The van der Waals surface area contributed by atoms with Gasteiger partial charge in [-0.3, -0.25) is 5.73 Å². The molecule has 0 aliphatic carbocycles. The minimum atomic E-state index is -1.16. The summed E-state index contributed by atoms with van der Waals surface area (Å²) in [5.41, 5.74) is 8.74. The highest BCUT2D eigenvalue weighted by atomic mass is 35.5. The van der Waals surface area contributed by atoms with E-state index in [1.165, 1.54) is 5.56 Å². The van der Waals surface area contributed by atoms with Gasteiger partial charge in [-0.25, -0.2) is 9.98 Å². The van der Waals surface area contributed by atoms with Crippen molar-refractivity contribution in [2.24, 2.45) is 10.7 Å². The van der Waals surface area contributed by atoms with Crippen molar-refractivity contribution in [3.63, 3.8) is 0 Å². The standard InChI is InChI=1S/C24H32ClN7/c1-23(2,3)17-5-7-18(8-6-17)24(26)20(25)16-28-22(30-24)29-21-10-9-19(15-27-21)32-13-11-31(4)12-14-32/h5-10,15-16H,11-14,26H2,1-4H3,(H2,27,28,29,30). The SMILES string of the molecule is CN1CCN(c2ccc(NC3=NC(N)(c4ccc(C(C)(C)C)cc4)C(Cl)=CN3)nc2)CC1. The predicted octanol–water partition coefficient (Wildman–Crippen LogP) is 3.39. The van der Waals surface area contributed by atoms with Crippen LogP contribution in [0.5, 0.6) is 0 Å². The Balaban J connectivity index is 1.50. The fourth-order valence-corrected chi connectivity index (χ4v) is 4.03. The van der Waals surface area contributed by atoms with Gasteiger partial charge in [-0.05, 0) is 35.7 Å². The number of piperazine rings is 1. The van der Waals surface area contributed by atoms with Crippen molar-refractivity contribution in [3.05, 3.63) is 65.0 Å². The molecule has 32 heavy (non-hydrogen) atoms. The fourth-order valence-electron chi connectivity index (χ4n) is 3.83. The molecule has 0 amide bonds. The minimum Gasteiger partial charge on any atom is -0.368 e. The van der Waals surface area contributed by atoms with Crippen LogP contribution in [0.2, 0.25) is 0 Å². The Morgan fingerprint density at radius 3 is 2.34 bits per heavy atom. The third-order valence-electron chi connectivity index (χ3n) is 6.04. The maximum Gasteiger partial charge on any atom is 0.203 e. The number of nitrogens with zero attached hydrogens (tertiary/aromatic N) is 4. The molecule has 1 fully saturated rings. The van der Waals surface area contributed by atoms with Crippen LogP contribution in [-0.2, 0) is 11.1 Å². The number of nitrogens with one attached hydrogen (secondary N) is 2. The van der Waals surface area contributed by atoms with Crippen LogP contribution in [0.4, 0.5) is 11.5 Å². The number of aromatic nitrogens is 1. The molecular formula is C24H32ClN7. The average Bonchev–Trinajstić information content (AvgIpc) is 2.77. The molecule has 2 aromatic rings. The van der Waals surface area contributed by atoms with Crippen LogP contribution in [0.15, 0.2) is 58.8 Å². The first-order valence-electron chi connectivity index (χ1n) is 10.9. The van der Waals surface area contributed by atoms with E-state index >= 15 is 0 Å². The number of aliphatic imine (C=N–C) groups is 1. The molecule has 170 valence electrons. The van der Waals surface area contributed by atoms with Crippen LogP contribution < -0.4 is 21.3 Å². The normalized spacial score (nSPS) is 22.1. The number of guanidine groups is 1. The third kappa shape index (κ3) is 4.75. The zero-order valence-corrected chi connectivity index (χ0v) is 19.9. The highest BCUT2D eigenvalue weighted by Crippen LogP contribution is 2.34. The number of hydrogen-bond donors (Lipinski definition) is 3. The van der Waals surface area contributed by atoms with Crippen molar-refractivity contribution in [3.8, 4) is 0 Å². The van der Waals surface area contributed by atoms with Gasteiger partial charge in [0.15, 0.2) is 5.66 Å². The highest BCUT2D eigenvalue weighted by molar-refractivity contribution is 6.31. The second-order valence-corrected chi connectivity index (χ2v) is 9.91. The van der Waals surface area contributed by atoms with Crippen molar-refractivity contribution < 1.29 is 0 Å². The first kappa shape index (κ1) is 22.6. The van der Waals surface area contributed by atoms with Crippen LogP contribution in [0.25, 0.3) is 0 Å². The number of hydrogen-bond acceptors (Lipinski definition) is 7. The van der Waals surface area contributed by atoms with Crippen LogP contribution in [-0.4, -0.2) is 49.1 Å². The number of benzene rings is 1. The predicted molar refractivity (Wildman–Crippen MR) is 133 cm³/mol. The second-order valence-electron chi connectivity index (χ2n) is 9.51. The van der Waals surface area contributed by atoms with Gasteiger partial charge in [0, 0.05) is 32.4 Å². The fraction of sp³-hybridized carbons (Fsp3) is 0.417. The first-order valence-corrected chi connectivity index (χ1v) is 11.3. The smallest absolute Gasteiger partial charge is 0.203 e. The van der Waals surface area contributed by atoms with Crippen LogP contribution in [0.1, 0.15) is 31.9 Å². The van der Waals surface area contributed by atoms with Gasteiger partial charge in [-0.1, -0.05) is 56.6 Å². The van der Waals surface area contributed by atoms with E-state index in [0.29, 0.717) is 16.8 Å². The summed E-state index contributed by atoms with van der Waals surface area (Å²) in [6.07, 6.45) is 3.56. The van der Waals surface area contributed by atoms with E-state index in [0.717, 1.165) is 37.4 Å². The molecule has 3 heterocycles. The van der Waals surface area contributed by atoms with E-state index in [1.807, 2.05) is 24.4 Å². The minimum absolute atomic E-state index is 0.0615. The Bertz CT molecular complexity index is 1000. The molecule has 4 N–H and O–H groups in total. The molecule has 2 aliphatic heterocycles. The van der Waals surface area contributed by atoms with E-state index in [1.54, 1.807) is 6.20 Å². The van der Waals surface area contributed by atoms with E-state index in [9.17, 15) is 0 Å². The molecule has 7 nitrogen and oxygen atoms in total. The largest absolute Gasteiger partial charge is 0.368 e. The van der Waals surface area contributed by atoms with Gasteiger partial charge in [-0.15, -0.1) is 0 Å². The Kier molecular flexibility index (Phi) is 6.16. The molecule has 0 saturated carbocycles. The Morgan fingerprint density at radius 2 is 1.75 bits per heavy atom. The molecule has 0 bridgehead atoms. The summed E-state index contributed by atoms with van der Waals surface area (Å²) in [5.74, 6) is 1.18. The maximum atomic E-state index is 6.66. The molecular weight excluding hydrogens is 422 g/mol. The number of anilines is 2. The second kappa shape index (κ2) is 8.73. The molecule has 1 aromatic carbocycles. The Hall–Kier alpha value is -2.61. The molecule has 4 rings (SSSR count). The number of pyridine rings is 1.